The SMILES string of the molecule is CC1(c2ccccc2)CCCN(C(=O)NCc2nc3ccccc3s2)C1. The number of aromatic nitrogens is 1. The molecule has 26 heavy (non-hydrogen) atoms. The molecule has 0 aliphatic carbocycles. The molecule has 1 fully saturated rings. The van der Waals surface area contributed by atoms with Gasteiger partial charge in [-0.1, -0.05) is 49.4 Å². The molecule has 134 valence electrons. The molecule has 1 unspecified atom stereocenters. The number of nitrogens with one attached hydrogen (secondary N) is 1. The first-order valence-electron chi connectivity index (χ1n) is 9.07. The van der Waals surface area contributed by atoms with Crippen molar-refractivity contribution in [3.05, 3.63) is 65.2 Å². The second kappa shape index (κ2) is 7.08. The van der Waals surface area contributed by atoms with Crippen molar-refractivity contribution in [3.8, 4) is 0 Å². The molecule has 2 heterocycles. The molecule has 0 saturated carbocycles. The van der Waals surface area contributed by atoms with Gasteiger partial charge < -0.3 is 10.2 Å². The van der Waals surface area contributed by atoms with Crippen LogP contribution in [0, 0.1) is 0 Å². The third kappa shape index (κ3) is 3.44. The largest absolute Gasteiger partial charge is 0.331 e. The molecule has 2 aromatic carbocycles. The van der Waals surface area contributed by atoms with E-state index in [-0.39, 0.29) is 11.4 Å². The van der Waals surface area contributed by atoms with Crippen LogP contribution in [0.1, 0.15) is 30.3 Å². The average molecular weight is 366 g/mol. The Labute approximate surface area is 157 Å². The van der Waals surface area contributed by atoms with Crippen LogP contribution in [0.5, 0.6) is 0 Å². The quantitative estimate of drug-likeness (QED) is 0.739. The number of piperidine rings is 1. The molecule has 1 aliphatic heterocycles. The van der Waals surface area contributed by atoms with Gasteiger partial charge in [0, 0.05) is 18.5 Å². The second-order valence-corrected chi connectivity index (χ2v) is 8.30. The van der Waals surface area contributed by atoms with Gasteiger partial charge in [-0.05, 0) is 30.5 Å². The lowest BCUT2D eigenvalue weighted by Gasteiger charge is -2.40. The van der Waals surface area contributed by atoms with Crippen molar-refractivity contribution in [3.63, 3.8) is 0 Å². The van der Waals surface area contributed by atoms with Gasteiger partial charge in [-0.25, -0.2) is 9.78 Å². The smallest absolute Gasteiger partial charge is 0.317 e. The van der Waals surface area contributed by atoms with E-state index in [2.05, 4.69) is 47.6 Å². The maximum atomic E-state index is 12.7. The molecule has 1 N–H and O–H groups in total. The Morgan fingerprint density at radius 2 is 1.96 bits per heavy atom. The number of para-hydroxylation sites is 1. The van der Waals surface area contributed by atoms with E-state index in [9.17, 15) is 4.79 Å². The zero-order valence-corrected chi connectivity index (χ0v) is 15.8. The van der Waals surface area contributed by atoms with Crippen LogP contribution in [0.15, 0.2) is 54.6 Å². The topological polar surface area (TPSA) is 45.2 Å². The van der Waals surface area contributed by atoms with Crippen LogP contribution in [0.25, 0.3) is 10.2 Å². The maximum Gasteiger partial charge on any atom is 0.317 e. The first-order valence-corrected chi connectivity index (χ1v) is 9.88. The number of benzene rings is 2. The summed E-state index contributed by atoms with van der Waals surface area (Å²) in [5, 5.41) is 4.00. The zero-order valence-electron chi connectivity index (χ0n) is 14.9. The number of carbonyl (C=O) groups excluding carboxylic acids is 1. The molecule has 1 aromatic heterocycles. The summed E-state index contributed by atoms with van der Waals surface area (Å²) >= 11 is 1.64. The monoisotopic (exact) mass is 365 g/mol. The van der Waals surface area contributed by atoms with Gasteiger partial charge in [0.15, 0.2) is 0 Å². The molecule has 5 heteroatoms. The van der Waals surface area contributed by atoms with E-state index in [1.807, 2.05) is 29.2 Å². The third-order valence-corrected chi connectivity index (χ3v) is 6.22. The van der Waals surface area contributed by atoms with E-state index in [1.54, 1.807) is 11.3 Å². The number of thiazole rings is 1. The number of hydrogen-bond donors (Lipinski definition) is 1. The van der Waals surface area contributed by atoms with Gasteiger partial charge in [0.25, 0.3) is 0 Å². The van der Waals surface area contributed by atoms with Gasteiger partial charge in [-0.15, -0.1) is 11.3 Å². The lowest BCUT2D eigenvalue weighted by atomic mass is 9.76. The minimum atomic E-state index is 0.00566. The Bertz CT molecular complexity index is 875. The van der Waals surface area contributed by atoms with Gasteiger partial charge in [-0.2, -0.15) is 0 Å². The molecule has 4 nitrogen and oxygen atoms in total. The second-order valence-electron chi connectivity index (χ2n) is 7.19. The predicted molar refractivity (Wildman–Crippen MR) is 106 cm³/mol. The van der Waals surface area contributed by atoms with Crippen molar-refractivity contribution in [2.45, 2.75) is 31.7 Å². The van der Waals surface area contributed by atoms with E-state index in [0.717, 1.165) is 41.2 Å². The average Bonchev–Trinajstić information content (AvgIpc) is 3.10. The van der Waals surface area contributed by atoms with Crippen molar-refractivity contribution in [2.75, 3.05) is 13.1 Å². The highest BCUT2D eigenvalue weighted by Gasteiger charge is 2.34. The minimum absolute atomic E-state index is 0.00566. The summed E-state index contributed by atoms with van der Waals surface area (Å²) in [6, 6.07) is 18.6. The highest BCUT2D eigenvalue weighted by Crippen LogP contribution is 2.33. The van der Waals surface area contributed by atoms with Gasteiger partial charge >= 0.3 is 6.03 Å². The Hall–Kier alpha value is -2.40. The summed E-state index contributed by atoms with van der Waals surface area (Å²) in [4.78, 5) is 19.2. The Morgan fingerprint density at radius 3 is 2.77 bits per heavy atom. The fourth-order valence-corrected chi connectivity index (χ4v) is 4.65. The summed E-state index contributed by atoms with van der Waals surface area (Å²) in [5.74, 6) is 0. The Morgan fingerprint density at radius 1 is 1.19 bits per heavy atom. The fraction of sp³-hybridized carbons (Fsp3) is 0.333. The molecule has 0 radical (unpaired) electrons. The summed E-state index contributed by atoms with van der Waals surface area (Å²) < 4.78 is 1.16. The van der Waals surface area contributed by atoms with Crippen molar-refractivity contribution >= 4 is 27.6 Å². The van der Waals surface area contributed by atoms with Gasteiger partial charge in [0.1, 0.15) is 5.01 Å². The lowest BCUT2D eigenvalue weighted by molar-refractivity contribution is 0.155. The van der Waals surface area contributed by atoms with E-state index < -0.39 is 0 Å². The molecule has 1 saturated heterocycles. The number of urea groups is 1. The Balaban J connectivity index is 1.41. The van der Waals surface area contributed by atoms with Gasteiger partial charge in [-0.3, -0.25) is 0 Å². The number of hydrogen-bond acceptors (Lipinski definition) is 3. The van der Waals surface area contributed by atoms with Crippen molar-refractivity contribution in [1.29, 1.82) is 0 Å². The number of carbonyl (C=O) groups is 1. The van der Waals surface area contributed by atoms with E-state index in [4.69, 9.17) is 0 Å². The van der Waals surface area contributed by atoms with Crippen LogP contribution in [-0.4, -0.2) is 29.0 Å². The molecular formula is C21H23N3OS. The number of fused-ring (bicyclic) bond motifs is 1. The summed E-state index contributed by atoms with van der Waals surface area (Å²) in [6.45, 7) is 4.31. The van der Waals surface area contributed by atoms with E-state index in [1.165, 1.54) is 5.56 Å². The molecule has 0 spiro atoms. The van der Waals surface area contributed by atoms with Crippen LogP contribution in [0.4, 0.5) is 4.79 Å². The highest BCUT2D eigenvalue weighted by atomic mass is 32.1. The first kappa shape index (κ1) is 17.0. The maximum absolute atomic E-state index is 12.7. The summed E-state index contributed by atoms with van der Waals surface area (Å²) in [6.07, 6.45) is 2.14. The number of rotatable bonds is 3. The van der Waals surface area contributed by atoms with Crippen molar-refractivity contribution in [2.24, 2.45) is 0 Å². The minimum Gasteiger partial charge on any atom is -0.331 e. The number of amides is 2. The van der Waals surface area contributed by atoms with Crippen LogP contribution < -0.4 is 5.32 Å². The third-order valence-electron chi connectivity index (χ3n) is 5.18. The predicted octanol–water partition coefficient (Wildman–Crippen LogP) is 4.56. The molecule has 3 aromatic rings. The van der Waals surface area contributed by atoms with E-state index in [0.29, 0.717) is 6.54 Å². The van der Waals surface area contributed by atoms with Crippen LogP contribution in [0.2, 0.25) is 0 Å². The fourth-order valence-electron chi connectivity index (χ4n) is 3.75. The molecule has 2 amide bonds. The molecule has 0 bridgehead atoms. The summed E-state index contributed by atoms with van der Waals surface area (Å²) in [5.41, 5.74) is 2.33. The standard InChI is InChI=1S/C21H23N3OS/c1-21(16-8-3-2-4-9-16)12-7-13-24(15-21)20(25)22-14-19-23-17-10-5-6-11-18(17)26-19/h2-6,8-11H,7,12-15H2,1H3,(H,22,25). The van der Waals surface area contributed by atoms with E-state index >= 15 is 0 Å². The zero-order chi connectivity index (χ0) is 18.0. The first-order chi connectivity index (χ1) is 12.6. The normalized spacial score (nSPS) is 20.3. The molecule has 4 rings (SSSR count). The van der Waals surface area contributed by atoms with Crippen molar-refractivity contribution < 1.29 is 4.79 Å². The van der Waals surface area contributed by atoms with Crippen LogP contribution in [-0.2, 0) is 12.0 Å². The van der Waals surface area contributed by atoms with Crippen LogP contribution in [0.3, 0.4) is 0 Å². The van der Waals surface area contributed by atoms with Gasteiger partial charge in [0.2, 0.25) is 0 Å². The molecule has 1 aliphatic rings. The number of likely N-dealkylation sites (tertiary alicyclic amines) is 1. The summed E-state index contributed by atoms with van der Waals surface area (Å²) in [7, 11) is 0. The van der Waals surface area contributed by atoms with Gasteiger partial charge in [0.05, 0.1) is 16.8 Å². The molecule has 1 atom stereocenters. The lowest BCUT2D eigenvalue weighted by Crippen LogP contribution is -2.50. The molecular weight excluding hydrogens is 342 g/mol. The highest BCUT2D eigenvalue weighted by molar-refractivity contribution is 7.18. The Kier molecular flexibility index (Phi) is 4.64. The van der Waals surface area contributed by atoms with Crippen molar-refractivity contribution in [1.82, 2.24) is 15.2 Å². The number of nitrogens with zero attached hydrogens (tertiary/aromatic N) is 2. The van der Waals surface area contributed by atoms with Crippen LogP contribution >= 0.6 is 11.3 Å².